The molecule has 32 heavy (non-hydrogen) atoms. The largest absolute Gasteiger partial charge is 0.507 e. The van der Waals surface area contributed by atoms with Crippen molar-refractivity contribution in [3.8, 4) is 11.5 Å². The van der Waals surface area contributed by atoms with Gasteiger partial charge in [-0.05, 0) is 61.0 Å². The van der Waals surface area contributed by atoms with Gasteiger partial charge in [0.1, 0.15) is 23.0 Å². The maximum Gasteiger partial charge on any atom is 0.296 e. The van der Waals surface area contributed by atoms with E-state index >= 15 is 0 Å². The highest BCUT2D eigenvalue weighted by atomic mass is 16.5. The summed E-state index contributed by atoms with van der Waals surface area (Å²) < 4.78 is 16.1. The highest BCUT2D eigenvalue weighted by Gasteiger charge is 2.46. The van der Waals surface area contributed by atoms with Crippen LogP contribution < -0.4 is 9.47 Å². The molecule has 4 rings (SSSR count). The summed E-state index contributed by atoms with van der Waals surface area (Å²) in [6.45, 7) is 2.50. The number of rotatable bonds is 7. The number of amides is 1. The van der Waals surface area contributed by atoms with Gasteiger partial charge in [0.15, 0.2) is 0 Å². The number of nitrogens with zero attached hydrogens (tertiary/aromatic N) is 1. The number of ketones is 1. The molecular formula is C25H23NO6. The van der Waals surface area contributed by atoms with Gasteiger partial charge in [-0.1, -0.05) is 12.1 Å². The Hall–Kier alpha value is -4.00. The van der Waals surface area contributed by atoms with E-state index in [1.807, 2.05) is 6.92 Å². The Bertz CT molecular complexity index is 1130. The van der Waals surface area contributed by atoms with E-state index in [0.29, 0.717) is 35.0 Å². The van der Waals surface area contributed by atoms with Crippen molar-refractivity contribution in [3.05, 3.63) is 89.4 Å². The van der Waals surface area contributed by atoms with Crippen LogP contribution >= 0.6 is 0 Å². The summed E-state index contributed by atoms with van der Waals surface area (Å²) in [6.07, 6.45) is 1.51. The lowest BCUT2D eigenvalue weighted by Crippen LogP contribution is -2.29. The topological polar surface area (TPSA) is 89.2 Å². The third-order valence-corrected chi connectivity index (χ3v) is 5.32. The van der Waals surface area contributed by atoms with Crippen molar-refractivity contribution in [2.75, 3.05) is 13.7 Å². The van der Waals surface area contributed by atoms with Crippen molar-refractivity contribution < 1.29 is 28.6 Å². The van der Waals surface area contributed by atoms with Crippen molar-refractivity contribution in [3.63, 3.8) is 0 Å². The Balaban J connectivity index is 1.81. The smallest absolute Gasteiger partial charge is 0.296 e. The summed E-state index contributed by atoms with van der Waals surface area (Å²) in [5.41, 5.74) is 1.11. The van der Waals surface area contributed by atoms with E-state index in [1.165, 1.54) is 11.2 Å². The molecule has 164 valence electrons. The lowest BCUT2D eigenvalue weighted by molar-refractivity contribution is -0.140. The molecule has 2 heterocycles. The van der Waals surface area contributed by atoms with E-state index in [4.69, 9.17) is 13.9 Å². The van der Waals surface area contributed by atoms with Crippen LogP contribution in [0.2, 0.25) is 0 Å². The minimum atomic E-state index is -0.780. The van der Waals surface area contributed by atoms with Crippen LogP contribution in [0.4, 0.5) is 0 Å². The van der Waals surface area contributed by atoms with Crippen LogP contribution in [0, 0.1) is 0 Å². The molecule has 7 heteroatoms. The van der Waals surface area contributed by atoms with Gasteiger partial charge in [0.2, 0.25) is 0 Å². The van der Waals surface area contributed by atoms with Crippen LogP contribution in [0.25, 0.3) is 5.76 Å². The lowest BCUT2D eigenvalue weighted by atomic mass is 9.95. The Kier molecular flexibility index (Phi) is 5.98. The molecule has 1 saturated heterocycles. The molecule has 7 nitrogen and oxygen atoms in total. The van der Waals surface area contributed by atoms with Crippen molar-refractivity contribution in [1.29, 1.82) is 0 Å². The highest BCUT2D eigenvalue weighted by Crippen LogP contribution is 2.40. The van der Waals surface area contributed by atoms with Crippen molar-refractivity contribution in [2.24, 2.45) is 0 Å². The fourth-order valence-electron chi connectivity index (χ4n) is 3.78. The first-order chi connectivity index (χ1) is 15.5. The number of hydrogen-bond acceptors (Lipinski definition) is 6. The van der Waals surface area contributed by atoms with Gasteiger partial charge in [-0.25, -0.2) is 0 Å². The zero-order chi connectivity index (χ0) is 22.7. The van der Waals surface area contributed by atoms with Crippen molar-refractivity contribution in [1.82, 2.24) is 4.90 Å². The highest BCUT2D eigenvalue weighted by molar-refractivity contribution is 6.46. The number of likely N-dealkylation sites (tertiary alicyclic amines) is 1. The summed E-state index contributed by atoms with van der Waals surface area (Å²) in [4.78, 5) is 27.4. The molecule has 1 unspecified atom stereocenters. The first-order valence-corrected chi connectivity index (χ1v) is 10.2. The second-order valence-electron chi connectivity index (χ2n) is 7.24. The van der Waals surface area contributed by atoms with Gasteiger partial charge in [0, 0.05) is 5.56 Å². The second kappa shape index (κ2) is 9.01. The van der Waals surface area contributed by atoms with Gasteiger partial charge in [-0.3, -0.25) is 9.59 Å². The van der Waals surface area contributed by atoms with Gasteiger partial charge in [0.05, 0.1) is 38.1 Å². The van der Waals surface area contributed by atoms with E-state index in [1.54, 1.807) is 67.8 Å². The minimum absolute atomic E-state index is 0.0240. The summed E-state index contributed by atoms with van der Waals surface area (Å²) in [5.74, 6) is 0.135. The molecule has 3 aromatic rings. The number of furan rings is 1. The summed E-state index contributed by atoms with van der Waals surface area (Å²) in [7, 11) is 1.54. The Labute approximate surface area is 185 Å². The molecule has 1 N–H and O–H groups in total. The predicted octanol–water partition coefficient (Wildman–Crippen LogP) is 4.31. The average Bonchev–Trinajstić information content (AvgIpc) is 3.42. The number of aliphatic hydroxyl groups is 1. The number of carbonyl (C=O) groups excluding carboxylic acids is 2. The molecule has 1 amide bonds. The molecule has 1 atom stereocenters. The standard InChI is InChI=1S/C25H23NO6/c1-3-31-19-12-6-16(7-13-19)22-21(23(27)17-8-10-18(30-2)11-9-17)24(28)25(29)26(22)15-20-5-4-14-32-20/h4-14,22,27H,3,15H2,1-2H3. The van der Waals surface area contributed by atoms with Gasteiger partial charge < -0.3 is 23.9 Å². The fourth-order valence-corrected chi connectivity index (χ4v) is 3.78. The van der Waals surface area contributed by atoms with Crippen LogP contribution in [0.3, 0.4) is 0 Å². The predicted molar refractivity (Wildman–Crippen MR) is 117 cm³/mol. The molecule has 1 aliphatic heterocycles. The summed E-state index contributed by atoms with van der Waals surface area (Å²) in [6, 6.07) is 16.5. The van der Waals surface area contributed by atoms with Crippen LogP contribution in [0.15, 0.2) is 76.9 Å². The second-order valence-corrected chi connectivity index (χ2v) is 7.24. The quantitative estimate of drug-likeness (QED) is 0.339. The van der Waals surface area contributed by atoms with Crippen LogP contribution in [0.5, 0.6) is 11.5 Å². The molecule has 2 aromatic carbocycles. The van der Waals surface area contributed by atoms with Gasteiger partial charge >= 0.3 is 0 Å². The normalized spacial score (nSPS) is 17.6. The zero-order valence-electron chi connectivity index (χ0n) is 17.8. The minimum Gasteiger partial charge on any atom is -0.507 e. The molecule has 1 aliphatic rings. The lowest BCUT2D eigenvalue weighted by Gasteiger charge is -2.24. The molecule has 0 aliphatic carbocycles. The Morgan fingerprint density at radius 2 is 1.72 bits per heavy atom. The third kappa shape index (κ3) is 3.97. The van der Waals surface area contributed by atoms with Gasteiger partial charge in [0.25, 0.3) is 11.7 Å². The number of aliphatic hydroxyl groups excluding tert-OH is 1. The van der Waals surface area contributed by atoms with Gasteiger partial charge in [-0.15, -0.1) is 0 Å². The van der Waals surface area contributed by atoms with Crippen LogP contribution in [0.1, 0.15) is 29.9 Å². The van der Waals surface area contributed by atoms with Crippen molar-refractivity contribution >= 4 is 17.4 Å². The van der Waals surface area contributed by atoms with Crippen LogP contribution in [-0.2, 0) is 16.1 Å². The fraction of sp³-hybridized carbons (Fsp3) is 0.200. The molecule has 0 radical (unpaired) electrons. The number of carbonyl (C=O) groups is 2. The monoisotopic (exact) mass is 433 g/mol. The van der Waals surface area contributed by atoms with Crippen molar-refractivity contribution in [2.45, 2.75) is 19.5 Å². The van der Waals surface area contributed by atoms with E-state index < -0.39 is 17.7 Å². The molecule has 0 spiro atoms. The maximum absolute atomic E-state index is 13.0. The summed E-state index contributed by atoms with van der Waals surface area (Å²) in [5, 5.41) is 11.1. The molecule has 0 bridgehead atoms. The first kappa shape index (κ1) is 21.2. The Morgan fingerprint density at radius 3 is 2.31 bits per heavy atom. The number of benzene rings is 2. The SMILES string of the molecule is CCOc1ccc(C2C(=C(O)c3ccc(OC)cc3)C(=O)C(=O)N2Cc2ccco2)cc1. The number of Topliss-reactive ketones (excluding diaryl/α,β-unsaturated/α-hetero) is 1. The molecular weight excluding hydrogens is 410 g/mol. The van der Waals surface area contributed by atoms with E-state index in [-0.39, 0.29) is 17.9 Å². The van der Waals surface area contributed by atoms with E-state index in [2.05, 4.69) is 0 Å². The summed E-state index contributed by atoms with van der Waals surface area (Å²) >= 11 is 0. The van der Waals surface area contributed by atoms with Crippen LogP contribution in [-0.4, -0.2) is 35.4 Å². The Morgan fingerprint density at radius 1 is 1.03 bits per heavy atom. The molecule has 1 fully saturated rings. The third-order valence-electron chi connectivity index (χ3n) is 5.32. The zero-order valence-corrected chi connectivity index (χ0v) is 17.8. The average molecular weight is 433 g/mol. The number of methoxy groups -OCH3 is 1. The first-order valence-electron chi connectivity index (χ1n) is 10.2. The van der Waals surface area contributed by atoms with Gasteiger partial charge in [-0.2, -0.15) is 0 Å². The number of hydrogen-bond donors (Lipinski definition) is 1. The maximum atomic E-state index is 13.0. The van der Waals surface area contributed by atoms with E-state index in [9.17, 15) is 14.7 Å². The van der Waals surface area contributed by atoms with E-state index in [0.717, 1.165) is 0 Å². The molecule has 1 aromatic heterocycles. The number of ether oxygens (including phenoxy) is 2. The molecule has 0 saturated carbocycles.